The Bertz CT molecular complexity index is 2830. The van der Waals surface area contributed by atoms with Gasteiger partial charge in [-0.1, -0.05) is 164 Å². The summed E-state index contributed by atoms with van der Waals surface area (Å²) in [5, 5.41) is 2.48. The minimum atomic E-state index is 1.09. The molecule has 0 fully saturated rings. The number of para-hydroxylation sites is 1. The number of nitrogens with zero attached hydrogens (tertiary/aromatic N) is 2. The first-order valence-electron chi connectivity index (χ1n) is 19.2. The lowest BCUT2D eigenvalue weighted by Crippen LogP contribution is -2.10. The van der Waals surface area contributed by atoms with Crippen LogP contribution < -0.4 is 4.90 Å². The van der Waals surface area contributed by atoms with Crippen LogP contribution in [0.3, 0.4) is 0 Å². The van der Waals surface area contributed by atoms with Gasteiger partial charge in [0.15, 0.2) is 0 Å². The zero-order valence-corrected chi connectivity index (χ0v) is 30.8. The van der Waals surface area contributed by atoms with E-state index in [1.54, 1.807) is 0 Å². The molecular formula is C54H38N2. The molecule has 2 nitrogen and oxygen atoms in total. The fourth-order valence-corrected chi connectivity index (χ4v) is 8.10. The van der Waals surface area contributed by atoms with E-state index in [2.05, 4.69) is 240 Å². The van der Waals surface area contributed by atoms with Crippen LogP contribution in [0.15, 0.2) is 231 Å². The van der Waals surface area contributed by atoms with Gasteiger partial charge in [-0.2, -0.15) is 0 Å². The summed E-state index contributed by atoms with van der Waals surface area (Å²) in [7, 11) is 0. The van der Waals surface area contributed by atoms with Gasteiger partial charge < -0.3 is 9.47 Å². The van der Waals surface area contributed by atoms with Gasteiger partial charge in [-0.05, 0) is 111 Å². The van der Waals surface area contributed by atoms with Crippen LogP contribution >= 0.6 is 0 Å². The van der Waals surface area contributed by atoms with Crippen LogP contribution in [0.25, 0.3) is 72.0 Å². The average molecular weight is 715 g/mol. The van der Waals surface area contributed by atoms with Crippen molar-refractivity contribution in [3.8, 4) is 50.2 Å². The topological polar surface area (TPSA) is 8.17 Å². The summed E-state index contributed by atoms with van der Waals surface area (Å²) < 4.78 is 2.40. The van der Waals surface area contributed by atoms with Gasteiger partial charge in [0.25, 0.3) is 0 Å². The Labute approximate surface area is 327 Å². The highest BCUT2D eigenvalue weighted by Crippen LogP contribution is 2.43. The predicted octanol–water partition coefficient (Wildman–Crippen LogP) is 14.9. The zero-order chi connectivity index (χ0) is 37.3. The highest BCUT2D eigenvalue weighted by Gasteiger charge is 2.19. The maximum Gasteiger partial charge on any atom is 0.0547 e. The number of rotatable bonds is 8. The fourth-order valence-electron chi connectivity index (χ4n) is 8.10. The van der Waals surface area contributed by atoms with Gasteiger partial charge in [0.2, 0.25) is 0 Å². The quantitative estimate of drug-likeness (QED) is 0.152. The molecule has 0 N–H and O–H groups in total. The molecular weight excluding hydrogens is 677 g/mol. The van der Waals surface area contributed by atoms with E-state index in [-0.39, 0.29) is 0 Å². The van der Waals surface area contributed by atoms with E-state index < -0.39 is 0 Å². The van der Waals surface area contributed by atoms with Crippen molar-refractivity contribution in [1.29, 1.82) is 0 Å². The molecule has 0 radical (unpaired) electrons. The van der Waals surface area contributed by atoms with E-state index in [0.29, 0.717) is 0 Å². The molecule has 0 saturated carbocycles. The number of benzene rings is 9. The summed E-state index contributed by atoms with van der Waals surface area (Å²) in [5.41, 5.74) is 16.4. The van der Waals surface area contributed by atoms with E-state index in [1.165, 1.54) is 60.8 Å². The first-order valence-corrected chi connectivity index (χ1v) is 19.2. The average Bonchev–Trinajstić information content (AvgIpc) is 3.62. The van der Waals surface area contributed by atoms with E-state index in [4.69, 9.17) is 0 Å². The van der Waals surface area contributed by atoms with Crippen molar-refractivity contribution < 1.29 is 0 Å². The molecule has 10 aromatic rings. The minimum absolute atomic E-state index is 1.09. The Kier molecular flexibility index (Phi) is 8.55. The smallest absolute Gasteiger partial charge is 0.0547 e. The molecule has 264 valence electrons. The molecule has 0 atom stereocenters. The lowest BCUT2D eigenvalue weighted by Gasteiger charge is -2.26. The molecule has 0 saturated heterocycles. The molecule has 0 amide bonds. The van der Waals surface area contributed by atoms with E-state index in [1.807, 2.05) is 0 Å². The molecule has 0 bridgehead atoms. The number of fused-ring (bicyclic) bond motifs is 3. The Morgan fingerprint density at radius 2 is 0.750 bits per heavy atom. The highest BCUT2D eigenvalue weighted by molar-refractivity contribution is 6.16. The van der Waals surface area contributed by atoms with Crippen LogP contribution in [-0.4, -0.2) is 4.57 Å². The SMILES string of the molecule is c1ccc(-c2ccc(N(c3ccc(-c4ccccc4)cc3)c3cccc(-c4cccc5c4c4cc(-c6ccccc6)ccc4n5-c4ccccc4)c3)cc2)cc1. The summed E-state index contributed by atoms with van der Waals surface area (Å²) in [4.78, 5) is 2.37. The van der Waals surface area contributed by atoms with Crippen molar-refractivity contribution in [2.75, 3.05) is 4.90 Å². The van der Waals surface area contributed by atoms with Crippen molar-refractivity contribution in [1.82, 2.24) is 4.57 Å². The molecule has 0 spiro atoms. The van der Waals surface area contributed by atoms with Crippen LogP contribution in [0.1, 0.15) is 0 Å². The Morgan fingerprint density at radius 1 is 0.286 bits per heavy atom. The van der Waals surface area contributed by atoms with E-state index >= 15 is 0 Å². The second kappa shape index (κ2) is 14.4. The molecule has 0 unspecified atom stereocenters. The molecule has 0 aliphatic heterocycles. The van der Waals surface area contributed by atoms with E-state index in [0.717, 1.165) is 28.3 Å². The van der Waals surface area contributed by atoms with Gasteiger partial charge in [0, 0.05) is 33.5 Å². The molecule has 0 aliphatic carbocycles. The first-order chi connectivity index (χ1) is 27.8. The van der Waals surface area contributed by atoms with Gasteiger partial charge in [0.05, 0.1) is 11.0 Å². The number of anilines is 3. The second-order valence-corrected chi connectivity index (χ2v) is 14.2. The zero-order valence-electron chi connectivity index (χ0n) is 30.8. The van der Waals surface area contributed by atoms with Crippen LogP contribution in [0.2, 0.25) is 0 Å². The second-order valence-electron chi connectivity index (χ2n) is 14.2. The lowest BCUT2D eigenvalue weighted by atomic mass is 9.97. The molecule has 1 aromatic heterocycles. The summed E-state index contributed by atoms with van der Waals surface area (Å²) in [6.45, 7) is 0. The van der Waals surface area contributed by atoms with Crippen molar-refractivity contribution in [3.05, 3.63) is 231 Å². The van der Waals surface area contributed by atoms with Gasteiger partial charge in [0.1, 0.15) is 0 Å². The molecule has 10 rings (SSSR count). The van der Waals surface area contributed by atoms with Crippen LogP contribution in [0, 0.1) is 0 Å². The first kappa shape index (κ1) is 33.2. The molecule has 1 heterocycles. The molecule has 56 heavy (non-hydrogen) atoms. The van der Waals surface area contributed by atoms with Crippen molar-refractivity contribution in [2.24, 2.45) is 0 Å². The van der Waals surface area contributed by atoms with Crippen LogP contribution in [-0.2, 0) is 0 Å². The predicted molar refractivity (Wildman–Crippen MR) is 237 cm³/mol. The fraction of sp³-hybridized carbons (Fsp3) is 0. The standard InChI is InChI=1S/C54H38N2/c1-5-15-39(16-6-1)42-27-32-47(33-28-42)55(48-34-29-43(30-35-48)40-17-7-2-8-18-40)49-24-13-21-45(37-49)50-25-14-26-53-54(50)51-38-44(41-19-9-3-10-20-41)31-36-52(51)56(53)46-22-11-4-12-23-46/h1-38H. The lowest BCUT2D eigenvalue weighted by molar-refractivity contribution is 1.18. The summed E-state index contributed by atoms with van der Waals surface area (Å²) >= 11 is 0. The third-order valence-electron chi connectivity index (χ3n) is 10.8. The molecule has 2 heteroatoms. The largest absolute Gasteiger partial charge is 0.310 e. The minimum Gasteiger partial charge on any atom is -0.310 e. The Balaban J connectivity index is 1.14. The number of hydrogen-bond donors (Lipinski definition) is 0. The maximum absolute atomic E-state index is 2.40. The van der Waals surface area contributed by atoms with Crippen LogP contribution in [0.4, 0.5) is 17.1 Å². The monoisotopic (exact) mass is 714 g/mol. The summed E-state index contributed by atoms with van der Waals surface area (Å²) in [6, 6.07) is 83.0. The normalized spacial score (nSPS) is 11.2. The maximum atomic E-state index is 2.40. The third kappa shape index (κ3) is 6.14. The number of aromatic nitrogens is 1. The Hall–Kier alpha value is -7.42. The van der Waals surface area contributed by atoms with Crippen molar-refractivity contribution in [3.63, 3.8) is 0 Å². The summed E-state index contributed by atoms with van der Waals surface area (Å²) in [5.74, 6) is 0. The molecule has 9 aromatic carbocycles. The highest BCUT2D eigenvalue weighted by atomic mass is 15.1. The van der Waals surface area contributed by atoms with Gasteiger partial charge in [-0.3, -0.25) is 0 Å². The van der Waals surface area contributed by atoms with E-state index in [9.17, 15) is 0 Å². The van der Waals surface area contributed by atoms with Crippen molar-refractivity contribution in [2.45, 2.75) is 0 Å². The van der Waals surface area contributed by atoms with Gasteiger partial charge in [-0.15, -0.1) is 0 Å². The number of hydrogen-bond acceptors (Lipinski definition) is 1. The third-order valence-corrected chi connectivity index (χ3v) is 10.8. The summed E-state index contributed by atoms with van der Waals surface area (Å²) in [6.07, 6.45) is 0. The van der Waals surface area contributed by atoms with Gasteiger partial charge in [-0.25, -0.2) is 0 Å². The van der Waals surface area contributed by atoms with Gasteiger partial charge >= 0.3 is 0 Å². The van der Waals surface area contributed by atoms with Crippen molar-refractivity contribution >= 4 is 38.9 Å². The molecule has 0 aliphatic rings. The van der Waals surface area contributed by atoms with Crippen LogP contribution in [0.5, 0.6) is 0 Å². The Morgan fingerprint density at radius 3 is 1.32 bits per heavy atom.